The van der Waals surface area contributed by atoms with Gasteiger partial charge in [0.2, 0.25) is 0 Å². The molecule has 9 nitrogen and oxygen atoms in total. The Morgan fingerprint density at radius 2 is 1.31 bits per heavy atom. The number of phenolic OH excluding ortho intramolecular Hbond substituents is 6. The lowest BCUT2D eigenvalue weighted by atomic mass is 9.83. The zero-order chi connectivity index (χ0) is 27.8. The van der Waals surface area contributed by atoms with Crippen LogP contribution in [0.15, 0.2) is 78.9 Å². The second-order valence-corrected chi connectivity index (χ2v) is 9.00. The standard InChI is InChI=1S/C30H22O9/c31-17-6-1-15(2-7-17)3-12-21(34)25-23(36)14-24(37)26-27(28(38)20-11-10-19(33)13-22(20)35)29(39-30(25)26)16-4-8-18(32)9-5-16/h1-14,27,29,31-33,35-37H/b12-3+/t27-,29+/m0/s1. The molecule has 1 aliphatic rings. The summed E-state index contributed by atoms with van der Waals surface area (Å²) < 4.78 is 6.09. The van der Waals surface area contributed by atoms with Crippen molar-refractivity contribution in [2.45, 2.75) is 12.0 Å². The van der Waals surface area contributed by atoms with Crippen LogP contribution >= 0.6 is 0 Å². The second kappa shape index (κ2) is 9.79. The van der Waals surface area contributed by atoms with Gasteiger partial charge in [0.25, 0.3) is 0 Å². The van der Waals surface area contributed by atoms with Crippen molar-refractivity contribution >= 4 is 17.6 Å². The molecule has 1 aliphatic heterocycles. The Labute approximate surface area is 221 Å². The number of carbonyl (C=O) groups excluding carboxylic acids is 2. The molecule has 196 valence electrons. The third kappa shape index (κ3) is 4.69. The number of fused-ring (bicyclic) bond motifs is 1. The van der Waals surface area contributed by atoms with Crippen LogP contribution in [0, 0.1) is 0 Å². The molecule has 4 aromatic carbocycles. The van der Waals surface area contributed by atoms with Crippen molar-refractivity contribution in [2.75, 3.05) is 0 Å². The van der Waals surface area contributed by atoms with E-state index in [-0.39, 0.29) is 39.7 Å². The monoisotopic (exact) mass is 526 g/mol. The van der Waals surface area contributed by atoms with Gasteiger partial charge in [0.15, 0.2) is 11.6 Å². The first-order valence-corrected chi connectivity index (χ1v) is 11.8. The summed E-state index contributed by atoms with van der Waals surface area (Å²) in [7, 11) is 0. The van der Waals surface area contributed by atoms with E-state index in [1.165, 1.54) is 60.7 Å². The second-order valence-electron chi connectivity index (χ2n) is 9.00. The lowest BCUT2D eigenvalue weighted by Crippen LogP contribution is -2.19. The van der Waals surface area contributed by atoms with Crippen LogP contribution in [0.25, 0.3) is 6.08 Å². The molecular formula is C30H22O9. The van der Waals surface area contributed by atoms with Crippen LogP contribution in [-0.2, 0) is 0 Å². The molecule has 9 heteroatoms. The first-order valence-electron chi connectivity index (χ1n) is 11.8. The molecule has 6 N–H and O–H groups in total. The normalized spacial score (nSPS) is 16.1. The van der Waals surface area contributed by atoms with Gasteiger partial charge in [0, 0.05) is 12.1 Å². The van der Waals surface area contributed by atoms with Crippen molar-refractivity contribution in [3.63, 3.8) is 0 Å². The van der Waals surface area contributed by atoms with E-state index in [4.69, 9.17) is 4.74 Å². The van der Waals surface area contributed by atoms with Gasteiger partial charge in [-0.25, -0.2) is 0 Å². The third-order valence-corrected chi connectivity index (χ3v) is 6.45. The van der Waals surface area contributed by atoms with Crippen LogP contribution in [0.5, 0.6) is 40.2 Å². The summed E-state index contributed by atoms with van der Waals surface area (Å²) in [6, 6.07) is 16.2. The van der Waals surface area contributed by atoms with Crippen LogP contribution in [0.1, 0.15) is 49.4 Å². The van der Waals surface area contributed by atoms with E-state index in [1.54, 1.807) is 12.1 Å². The van der Waals surface area contributed by atoms with E-state index in [1.807, 2.05) is 0 Å². The minimum absolute atomic E-state index is 0.0379. The molecule has 0 fully saturated rings. The average Bonchev–Trinajstić information content (AvgIpc) is 3.29. The van der Waals surface area contributed by atoms with Crippen LogP contribution in [0.2, 0.25) is 0 Å². The van der Waals surface area contributed by atoms with Crippen LogP contribution in [0.3, 0.4) is 0 Å². The zero-order valence-electron chi connectivity index (χ0n) is 20.1. The fourth-order valence-electron chi connectivity index (χ4n) is 4.58. The van der Waals surface area contributed by atoms with Gasteiger partial charge in [-0.3, -0.25) is 9.59 Å². The third-order valence-electron chi connectivity index (χ3n) is 6.45. The van der Waals surface area contributed by atoms with Crippen molar-refractivity contribution < 1.29 is 45.0 Å². The van der Waals surface area contributed by atoms with E-state index >= 15 is 0 Å². The molecule has 5 rings (SSSR count). The largest absolute Gasteiger partial charge is 0.508 e. The van der Waals surface area contributed by atoms with Crippen LogP contribution < -0.4 is 4.74 Å². The predicted octanol–water partition coefficient (Wildman–Crippen LogP) is 4.92. The molecular weight excluding hydrogens is 504 g/mol. The smallest absolute Gasteiger partial charge is 0.193 e. The number of aromatic hydroxyl groups is 6. The molecule has 0 saturated heterocycles. The van der Waals surface area contributed by atoms with Gasteiger partial charge in [-0.15, -0.1) is 0 Å². The molecule has 1 heterocycles. The Hall–Kier alpha value is -5.44. The fourth-order valence-corrected chi connectivity index (χ4v) is 4.58. The van der Waals surface area contributed by atoms with Gasteiger partial charge in [-0.2, -0.15) is 0 Å². The Kier molecular flexibility index (Phi) is 6.33. The Morgan fingerprint density at radius 1 is 0.692 bits per heavy atom. The summed E-state index contributed by atoms with van der Waals surface area (Å²) in [5.41, 5.74) is 0.495. The predicted molar refractivity (Wildman–Crippen MR) is 140 cm³/mol. The Bertz CT molecular complexity index is 1620. The van der Waals surface area contributed by atoms with Gasteiger partial charge in [0.05, 0.1) is 17.0 Å². The van der Waals surface area contributed by atoms with E-state index < -0.39 is 40.8 Å². The summed E-state index contributed by atoms with van der Waals surface area (Å²) in [6.07, 6.45) is 1.53. The number of benzene rings is 4. The number of hydrogen-bond acceptors (Lipinski definition) is 9. The molecule has 0 spiro atoms. The molecule has 0 radical (unpaired) electrons. The minimum atomic E-state index is -1.27. The number of phenols is 6. The minimum Gasteiger partial charge on any atom is -0.508 e. The van der Waals surface area contributed by atoms with Gasteiger partial charge < -0.3 is 35.4 Å². The first kappa shape index (κ1) is 25.2. The van der Waals surface area contributed by atoms with Crippen LogP contribution in [-0.4, -0.2) is 42.2 Å². The van der Waals surface area contributed by atoms with Crippen molar-refractivity contribution in [2.24, 2.45) is 0 Å². The SMILES string of the molecule is O=C(/C=C/c1ccc(O)cc1)c1c(O)cc(O)c2c1O[C@H](c1ccc(O)cc1)[C@@H]2C(=O)c1ccc(O)cc1O. The molecule has 0 bridgehead atoms. The summed E-state index contributed by atoms with van der Waals surface area (Å²) in [4.78, 5) is 27.0. The van der Waals surface area contributed by atoms with Gasteiger partial charge >= 0.3 is 0 Å². The lowest BCUT2D eigenvalue weighted by molar-refractivity contribution is 0.0891. The maximum atomic E-state index is 13.8. The number of ether oxygens (including phenoxy) is 1. The Balaban J connectivity index is 1.64. The van der Waals surface area contributed by atoms with Gasteiger partial charge in [-0.1, -0.05) is 30.3 Å². The highest BCUT2D eigenvalue weighted by Gasteiger charge is 2.46. The summed E-state index contributed by atoms with van der Waals surface area (Å²) in [5, 5.41) is 60.8. The van der Waals surface area contributed by atoms with Crippen molar-refractivity contribution in [3.05, 3.63) is 107 Å². The summed E-state index contributed by atoms with van der Waals surface area (Å²) in [6.45, 7) is 0. The number of Topliss-reactive ketones (excluding diaryl/α,β-unsaturated/α-hetero) is 1. The molecule has 39 heavy (non-hydrogen) atoms. The van der Waals surface area contributed by atoms with Crippen molar-refractivity contribution in [1.29, 1.82) is 0 Å². The van der Waals surface area contributed by atoms with E-state index in [2.05, 4.69) is 0 Å². The van der Waals surface area contributed by atoms with E-state index in [0.717, 1.165) is 12.1 Å². The molecule has 2 atom stereocenters. The Morgan fingerprint density at radius 3 is 1.95 bits per heavy atom. The summed E-state index contributed by atoms with van der Waals surface area (Å²) >= 11 is 0. The van der Waals surface area contributed by atoms with Crippen molar-refractivity contribution in [1.82, 2.24) is 0 Å². The first-order chi connectivity index (χ1) is 18.6. The molecule has 0 saturated carbocycles. The maximum absolute atomic E-state index is 13.8. The molecule has 0 aliphatic carbocycles. The number of carbonyl (C=O) groups is 2. The lowest BCUT2D eigenvalue weighted by Gasteiger charge is -2.19. The molecule has 0 amide bonds. The number of allylic oxidation sites excluding steroid dienone is 1. The number of hydrogen-bond donors (Lipinski definition) is 6. The number of rotatable bonds is 6. The fraction of sp³-hybridized carbons (Fsp3) is 0.0667. The van der Waals surface area contributed by atoms with Gasteiger partial charge in [-0.05, 0) is 53.6 Å². The van der Waals surface area contributed by atoms with E-state index in [9.17, 15) is 40.2 Å². The van der Waals surface area contributed by atoms with E-state index in [0.29, 0.717) is 11.1 Å². The quantitative estimate of drug-likeness (QED) is 0.151. The molecule has 4 aromatic rings. The van der Waals surface area contributed by atoms with Crippen molar-refractivity contribution in [3.8, 4) is 40.2 Å². The molecule has 0 unspecified atom stereocenters. The zero-order valence-corrected chi connectivity index (χ0v) is 20.1. The highest BCUT2D eigenvalue weighted by Crippen LogP contribution is 2.55. The number of ketones is 2. The maximum Gasteiger partial charge on any atom is 0.193 e. The highest BCUT2D eigenvalue weighted by molar-refractivity contribution is 6.12. The topological polar surface area (TPSA) is 165 Å². The summed E-state index contributed by atoms with van der Waals surface area (Å²) in [5.74, 6) is -4.65. The average molecular weight is 526 g/mol. The molecule has 0 aromatic heterocycles. The van der Waals surface area contributed by atoms with Crippen LogP contribution in [0.4, 0.5) is 0 Å². The van der Waals surface area contributed by atoms with Gasteiger partial charge in [0.1, 0.15) is 51.9 Å². The highest BCUT2D eigenvalue weighted by atomic mass is 16.5.